The molecule has 66 valence electrons. The minimum Gasteiger partial charge on any atom is -0.441 e. The van der Waals surface area contributed by atoms with E-state index in [4.69, 9.17) is 10.2 Å². The number of aryl methyl sites for hydroxylation is 1. The van der Waals surface area contributed by atoms with Crippen molar-refractivity contribution < 1.29 is 4.42 Å². The Labute approximate surface area is 75.4 Å². The molecule has 2 rings (SSSR count). The van der Waals surface area contributed by atoms with Crippen LogP contribution in [0.25, 0.3) is 11.5 Å². The Kier molecular flexibility index (Phi) is 1.73. The molecule has 0 aromatic carbocycles. The number of aromatic nitrogens is 2. The predicted molar refractivity (Wildman–Crippen MR) is 48.9 cm³/mol. The van der Waals surface area contributed by atoms with E-state index in [9.17, 15) is 0 Å². The van der Waals surface area contributed by atoms with Crippen LogP contribution in [-0.2, 0) is 0 Å². The molecule has 13 heavy (non-hydrogen) atoms. The van der Waals surface area contributed by atoms with Crippen LogP contribution in [0, 0.1) is 6.92 Å². The maximum Gasteiger partial charge on any atom is 0.229 e. The summed E-state index contributed by atoms with van der Waals surface area (Å²) in [6, 6.07) is 3.62. The van der Waals surface area contributed by atoms with Crippen LogP contribution in [0.3, 0.4) is 0 Å². The Hall–Kier alpha value is -1.84. The van der Waals surface area contributed by atoms with Crippen molar-refractivity contribution >= 4 is 5.82 Å². The minimum atomic E-state index is 0.435. The van der Waals surface area contributed by atoms with E-state index < -0.39 is 0 Å². The van der Waals surface area contributed by atoms with Crippen LogP contribution < -0.4 is 5.73 Å². The molecule has 0 saturated heterocycles. The summed E-state index contributed by atoms with van der Waals surface area (Å²) in [6.07, 6.45) is 3.29. The highest BCUT2D eigenvalue weighted by Gasteiger charge is 2.07. The first-order valence-electron chi connectivity index (χ1n) is 3.90. The summed E-state index contributed by atoms with van der Waals surface area (Å²) in [4.78, 5) is 8.00. The van der Waals surface area contributed by atoms with Crippen molar-refractivity contribution in [2.45, 2.75) is 6.92 Å². The van der Waals surface area contributed by atoms with Crippen LogP contribution in [-0.4, -0.2) is 9.97 Å². The first-order chi connectivity index (χ1) is 6.27. The lowest BCUT2D eigenvalue weighted by atomic mass is 10.2. The number of hydrogen-bond donors (Lipinski definition) is 1. The third kappa shape index (κ3) is 1.38. The van der Waals surface area contributed by atoms with Gasteiger partial charge in [0.25, 0.3) is 0 Å². The van der Waals surface area contributed by atoms with Crippen LogP contribution in [0.5, 0.6) is 0 Å². The van der Waals surface area contributed by atoms with Crippen LogP contribution >= 0.6 is 0 Å². The van der Waals surface area contributed by atoms with E-state index in [2.05, 4.69) is 9.97 Å². The number of nitrogens with two attached hydrogens (primary N) is 1. The second-order valence-corrected chi connectivity index (χ2v) is 2.71. The number of hydrogen-bond acceptors (Lipinski definition) is 4. The molecular formula is C9H9N3O. The number of nitrogen functional groups attached to an aromatic ring is 1. The Morgan fingerprint density at radius 2 is 2.23 bits per heavy atom. The van der Waals surface area contributed by atoms with Gasteiger partial charge in [-0.25, -0.2) is 9.97 Å². The van der Waals surface area contributed by atoms with E-state index >= 15 is 0 Å². The molecule has 4 nitrogen and oxygen atoms in total. The van der Waals surface area contributed by atoms with Gasteiger partial charge in [-0.1, -0.05) is 0 Å². The standard InChI is InChI=1S/C9H9N3O/c1-6-5-12-9(13-6)7-3-2-4-11-8(7)10/h2-5H,1H3,(H2,10,11). The third-order valence-corrected chi connectivity index (χ3v) is 1.69. The normalized spacial score (nSPS) is 10.2. The second kappa shape index (κ2) is 2.90. The minimum absolute atomic E-state index is 0.435. The Morgan fingerprint density at radius 3 is 2.85 bits per heavy atom. The molecule has 0 bridgehead atoms. The van der Waals surface area contributed by atoms with Gasteiger partial charge in [0.05, 0.1) is 11.8 Å². The molecule has 2 aromatic heterocycles. The van der Waals surface area contributed by atoms with Gasteiger partial charge in [0.1, 0.15) is 11.6 Å². The Balaban J connectivity index is 2.52. The summed E-state index contributed by atoms with van der Waals surface area (Å²) in [5, 5.41) is 0. The molecule has 0 spiro atoms. The summed E-state index contributed by atoms with van der Waals surface area (Å²) in [7, 11) is 0. The molecule has 4 heteroatoms. The molecule has 0 aliphatic carbocycles. The fraction of sp³-hybridized carbons (Fsp3) is 0.111. The van der Waals surface area contributed by atoms with E-state index in [1.165, 1.54) is 0 Å². The summed E-state index contributed by atoms with van der Waals surface area (Å²) in [5.74, 6) is 1.71. The number of anilines is 1. The average Bonchev–Trinajstić information content (AvgIpc) is 2.53. The molecule has 2 heterocycles. The van der Waals surface area contributed by atoms with Crippen molar-refractivity contribution in [3.8, 4) is 11.5 Å². The molecule has 0 amide bonds. The van der Waals surface area contributed by atoms with Crippen molar-refractivity contribution in [3.05, 3.63) is 30.3 Å². The van der Waals surface area contributed by atoms with Gasteiger partial charge in [0.2, 0.25) is 5.89 Å². The van der Waals surface area contributed by atoms with E-state index in [-0.39, 0.29) is 0 Å². The first-order valence-corrected chi connectivity index (χ1v) is 3.90. The molecular weight excluding hydrogens is 166 g/mol. The molecule has 2 N–H and O–H groups in total. The molecule has 2 aromatic rings. The number of pyridine rings is 1. The van der Waals surface area contributed by atoms with Gasteiger partial charge in [0, 0.05) is 6.20 Å². The highest BCUT2D eigenvalue weighted by atomic mass is 16.4. The first kappa shape index (κ1) is 7.79. The molecule has 0 atom stereocenters. The van der Waals surface area contributed by atoms with Gasteiger partial charge in [-0.2, -0.15) is 0 Å². The lowest BCUT2D eigenvalue weighted by Crippen LogP contribution is -1.92. The van der Waals surface area contributed by atoms with E-state index in [1.807, 2.05) is 13.0 Å². The van der Waals surface area contributed by atoms with E-state index in [1.54, 1.807) is 18.5 Å². The van der Waals surface area contributed by atoms with Crippen molar-refractivity contribution in [3.63, 3.8) is 0 Å². The second-order valence-electron chi connectivity index (χ2n) is 2.71. The zero-order valence-electron chi connectivity index (χ0n) is 7.19. The largest absolute Gasteiger partial charge is 0.441 e. The van der Waals surface area contributed by atoms with Crippen molar-refractivity contribution in [2.75, 3.05) is 5.73 Å². The Bertz CT molecular complexity index is 422. The molecule has 0 radical (unpaired) electrons. The highest BCUT2D eigenvalue weighted by Crippen LogP contribution is 2.22. The number of oxazole rings is 1. The van der Waals surface area contributed by atoms with Gasteiger partial charge in [-0.05, 0) is 19.1 Å². The van der Waals surface area contributed by atoms with Crippen molar-refractivity contribution in [1.29, 1.82) is 0 Å². The van der Waals surface area contributed by atoms with E-state index in [0.717, 1.165) is 11.3 Å². The fourth-order valence-corrected chi connectivity index (χ4v) is 1.08. The molecule has 0 aliphatic rings. The zero-order chi connectivity index (χ0) is 9.26. The van der Waals surface area contributed by atoms with Crippen LogP contribution in [0.4, 0.5) is 5.82 Å². The van der Waals surface area contributed by atoms with Crippen LogP contribution in [0.2, 0.25) is 0 Å². The molecule has 0 unspecified atom stereocenters. The predicted octanol–water partition coefficient (Wildman–Crippen LogP) is 1.63. The quantitative estimate of drug-likeness (QED) is 0.715. The third-order valence-electron chi connectivity index (χ3n) is 1.69. The highest BCUT2D eigenvalue weighted by molar-refractivity contribution is 5.66. The number of nitrogens with zero attached hydrogens (tertiary/aromatic N) is 2. The molecule has 0 aliphatic heterocycles. The summed E-state index contributed by atoms with van der Waals surface area (Å²) in [5.41, 5.74) is 6.38. The van der Waals surface area contributed by atoms with Crippen LogP contribution in [0.1, 0.15) is 5.76 Å². The maximum absolute atomic E-state index is 5.65. The van der Waals surface area contributed by atoms with Gasteiger partial charge >= 0.3 is 0 Å². The number of rotatable bonds is 1. The Morgan fingerprint density at radius 1 is 1.38 bits per heavy atom. The fourth-order valence-electron chi connectivity index (χ4n) is 1.08. The van der Waals surface area contributed by atoms with Crippen molar-refractivity contribution in [2.24, 2.45) is 0 Å². The average molecular weight is 175 g/mol. The lowest BCUT2D eigenvalue weighted by molar-refractivity contribution is 0.542. The molecule has 0 saturated carbocycles. The lowest BCUT2D eigenvalue weighted by Gasteiger charge is -1.97. The summed E-state index contributed by atoms with van der Waals surface area (Å²) < 4.78 is 5.32. The van der Waals surface area contributed by atoms with Crippen molar-refractivity contribution in [1.82, 2.24) is 9.97 Å². The van der Waals surface area contributed by atoms with Crippen LogP contribution in [0.15, 0.2) is 28.9 Å². The molecule has 0 fully saturated rings. The summed E-state index contributed by atoms with van der Waals surface area (Å²) in [6.45, 7) is 1.84. The van der Waals surface area contributed by atoms with Gasteiger partial charge in [-0.15, -0.1) is 0 Å². The summed E-state index contributed by atoms with van der Waals surface area (Å²) >= 11 is 0. The maximum atomic E-state index is 5.65. The topological polar surface area (TPSA) is 64.9 Å². The monoisotopic (exact) mass is 175 g/mol. The van der Waals surface area contributed by atoms with E-state index in [0.29, 0.717) is 11.7 Å². The van der Waals surface area contributed by atoms with Gasteiger partial charge < -0.3 is 10.2 Å². The smallest absolute Gasteiger partial charge is 0.229 e. The zero-order valence-corrected chi connectivity index (χ0v) is 7.19. The van der Waals surface area contributed by atoms with Gasteiger partial charge in [0.15, 0.2) is 0 Å². The SMILES string of the molecule is Cc1cnc(-c2cccnc2N)o1. The van der Waals surface area contributed by atoms with Gasteiger partial charge in [-0.3, -0.25) is 0 Å².